The number of likely N-dealkylation sites (tertiary alicyclic amines) is 1. The lowest BCUT2D eigenvalue weighted by molar-refractivity contribution is -0.166. The van der Waals surface area contributed by atoms with Crippen molar-refractivity contribution in [2.24, 2.45) is 0 Å². The average molecular weight is 284 g/mol. The first-order chi connectivity index (χ1) is 9.69. The molecule has 0 saturated carbocycles. The van der Waals surface area contributed by atoms with Crippen LogP contribution in [-0.2, 0) is 14.3 Å². The Morgan fingerprint density at radius 2 is 1.85 bits per heavy atom. The summed E-state index contributed by atoms with van der Waals surface area (Å²) in [4.78, 5) is 16.5. The van der Waals surface area contributed by atoms with E-state index < -0.39 is 6.10 Å². The van der Waals surface area contributed by atoms with Gasteiger partial charge in [-0.15, -0.1) is 0 Å². The maximum atomic E-state index is 11.6. The van der Waals surface area contributed by atoms with Gasteiger partial charge in [-0.3, -0.25) is 4.90 Å². The van der Waals surface area contributed by atoms with Crippen LogP contribution in [-0.4, -0.2) is 74.4 Å². The number of piperidine rings is 1. The van der Waals surface area contributed by atoms with Gasteiger partial charge in [-0.05, 0) is 52.4 Å². The van der Waals surface area contributed by atoms with E-state index in [0.717, 1.165) is 13.1 Å². The van der Waals surface area contributed by atoms with Crippen molar-refractivity contribution in [3.05, 3.63) is 0 Å². The van der Waals surface area contributed by atoms with Crippen LogP contribution in [0.2, 0.25) is 0 Å². The van der Waals surface area contributed by atoms with Crippen molar-refractivity contribution in [3.63, 3.8) is 0 Å². The van der Waals surface area contributed by atoms with Gasteiger partial charge in [-0.25, -0.2) is 4.79 Å². The van der Waals surface area contributed by atoms with Crippen molar-refractivity contribution in [3.8, 4) is 0 Å². The van der Waals surface area contributed by atoms with E-state index in [2.05, 4.69) is 9.80 Å². The van der Waals surface area contributed by atoms with Crippen LogP contribution in [0.5, 0.6) is 0 Å². The fraction of sp³-hybridized carbons (Fsp3) is 0.933. The fourth-order valence-corrected chi connectivity index (χ4v) is 3.18. The molecule has 2 atom stereocenters. The minimum Gasteiger partial charge on any atom is -0.467 e. The first kappa shape index (κ1) is 15.7. The molecule has 116 valence electrons. The second-order valence-corrected chi connectivity index (χ2v) is 5.97. The summed E-state index contributed by atoms with van der Waals surface area (Å²) < 4.78 is 10.4. The van der Waals surface area contributed by atoms with Gasteiger partial charge < -0.3 is 14.4 Å². The molecule has 20 heavy (non-hydrogen) atoms. The Kier molecular flexibility index (Phi) is 6.26. The van der Waals surface area contributed by atoms with E-state index in [4.69, 9.17) is 9.47 Å². The van der Waals surface area contributed by atoms with E-state index in [9.17, 15) is 4.79 Å². The first-order valence-corrected chi connectivity index (χ1v) is 7.87. The second kappa shape index (κ2) is 7.96. The predicted molar refractivity (Wildman–Crippen MR) is 77.7 cm³/mol. The third-order valence-electron chi connectivity index (χ3n) is 4.20. The second-order valence-electron chi connectivity index (χ2n) is 5.97. The first-order valence-electron chi connectivity index (χ1n) is 7.87. The molecule has 0 radical (unpaired) electrons. The zero-order valence-corrected chi connectivity index (χ0v) is 12.8. The van der Waals surface area contributed by atoms with Gasteiger partial charge in [-0.2, -0.15) is 0 Å². The molecule has 2 heterocycles. The van der Waals surface area contributed by atoms with Gasteiger partial charge in [0.15, 0.2) is 6.10 Å². The average Bonchev–Trinajstić information content (AvgIpc) is 2.47. The summed E-state index contributed by atoms with van der Waals surface area (Å²) in [6.07, 6.45) is 4.93. The van der Waals surface area contributed by atoms with Crippen LogP contribution in [0.4, 0.5) is 0 Å². The van der Waals surface area contributed by atoms with Crippen LogP contribution < -0.4 is 0 Å². The van der Waals surface area contributed by atoms with Crippen LogP contribution >= 0.6 is 0 Å². The minimum atomic E-state index is -0.418. The number of hydrogen-bond acceptors (Lipinski definition) is 5. The Morgan fingerprint density at radius 3 is 2.55 bits per heavy atom. The normalized spacial score (nSPS) is 29.3. The van der Waals surface area contributed by atoms with Crippen molar-refractivity contribution in [1.82, 2.24) is 9.80 Å². The highest BCUT2D eigenvalue weighted by atomic mass is 16.6. The summed E-state index contributed by atoms with van der Waals surface area (Å²) in [5, 5.41) is 0. The van der Waals surface area contributed by atoms with Crippen LogP contribution in [0.3, 0.4) is 0 Å². The molecule has 0 aromatic carbocycles. The molecule has 0 aliphatic carbocycles. The zero-order chi connectivity index (χ0) is 14.4. The highest BCUT2D eigenvalue weighted by Crippen LogP contribution is 2.13. The molecule has 2 fully saturated rings. The van der Waals surface area contributed by atoms with E-state index in [1.165, 1.54) is 52.4 Å². The van der Waals surface area contributed by atoms with Crippen LogP contribution in [0.1, 0.15) is 32.6 Å². The van der Waals surface area contributed by atoms with Crippen molar-refractivity contribution < 1.29 is 14.3 Å². The number of carbonyl (C=O) groups is 1. The summed E-state index contributed by atoms with van der Waals surface area (Å²) in [5.74, 6) is -0.252. The number of carbonyl (C=O) groups excluding carboxylic acids is 1. The number of ether oxygens (including phenoxy) is 2. The Hall–Kier alpha value is -0.650. The monoisotopic (exact) mass is 284 g/mol. The van der Waals surface area contributed by atoms with Crippen molar-refractivity contribution in [2.45, 2.75) is 44.8 Å². The zero-order valence-electron chi connectivity index (χ0n) is 12.8. The lowest BCUT2D eigenvalue weighted by Crippen LogP contribution is -2.50. The van der Waals surface area contributed by atoms with E-state index in [1.54, 1.807) is 0 Å². The van der Waals surface area contributed by atoms with Crippen LogP contribution in [0.15, 0.2) is 0 Å². The van der Waals surface area contributed by atoms with Crippen LogP contribution in [0, 0.1) is 0 Å². The Labute approximate surface area is 122 Å². The molecule has 0 amide bonds. The van der Waals surface area contributed by atoms with E-state index >= 15 is 0 Å². The summed E-state index contributed by atoms with van der Waals surface area (Å²) in [7, 11) is 1.42. The van der Waals surface area contributed by atoms with E-state index in [0.29, 0.717) is 6.54 Å². The summed E-state index contributed by atoms with van der Waals surface area (Å²) in [6.45, 7) is 8.32. The summed E-state index contributed by atoms with van der Waals surface area (Å²) >= 11 is 0. The minimum absolute atomic E-state index is 0.0998. The van der Waals surface area contributed by atoms with Gasteiger partial charge in [0.1, 0.15) is 0 Å². The van der Waals surface area contributed by atoms with Gasteiger partial charge in [-0.1, -0.05) is 6.42 Å². The number of nitrogens with zero attached hydrogens (tertiary/aromatic N) is 2. The summed E-state index contributed by atoms with van der Waals surface area (Å²) in [6, 6.07) is 0. The Bertz CT molecular complexity index is 305. The van der Waals surface area contributed by atoms with Gasteiger partial charge >= 0.3 is 5.97 Å². The SMILES string of the molecule is COC(=O)[C@@H]1CN(CCCN2CCCCC2)C[C@@H](C)O1. The van der Waals surface area contributed by atoms with Gasteiger partial charge in [0.25, 0.3) is 0 Å². The number of esters is 1. The standard InChI is InChI=1S/C15H28N2O3/c1-13-11-17(12-14(20-13)15(18)19-2)10-6-9-16-7-4-3-5-8-16/h13-14H,3-12H2,1-2H3/t13-,14+/m1/s1. The Morgan fingerprint density at radius 1 is 1.15 bits per heavy atom. The van der Waals surface area contributed by atoms with Crippen molar-refractivity contribution in [2.75, 3.05) is 46.4 Å². The molecule has 2 rings (SSSR count). The Balaban J connectivity index is 1.69. The summed E-state index contributed by atoms with van der Waals surface area (Å²) in [5.41, 5.74) is 0. The third kappa shape index (κ3) is 4.72. The molecule has 0 N–H and O–H groups in total. The lowest BCUT2D eigenvalue weighted by Gasteiger charge is -2.36. The largest absolute Gasteiger partial charge is 0.467 e. The molecular weight excluding hydrogens is 256 g/mol. The number of hydrogen-bond donors (Lipinski definition) is 0. The maximum absolute atomic E-state index is 11.6. The molecule has 2 saturated heterocycles. The molecule has 0 aromatic rings. The highest BCUT2D eigenvalue weighted by Gasteiger charge is 2.30. The molecular formula is C15H28N2O3. The number of morpholine rings is 1. The molecule has 0 unspecified atom stereocenters. The van der Waals surface area contributed by atoms with E-state index in [1.807, 2.05) is 6.92 Å². The third-order valence-corrected chi connectivity index (χ3v) is 4.20. The van der Waals surface area contributed by atoms with Crippen LogP contribution in [0.25, 0.3) is 0 Å². The molecule has 2 aliphatic heterocycles. The molecule has 5 nitrogen and oxygen atoms in total. The number of methoxy groups -OCH3 is 1. The predicted octanol–water partition coefficient (Wildman–Crippen LogP) is 1.12. The van der Waals surface area contributed by atoms with Crippen molar-refractivity contribution >= 4 is 5.97 Å². The molecule has 0 aromatic heterocycles. The molecule has 2 aliphatic rings. The van der Waals surface area contributed by atoms with Gasteiger partial charge in [0, 0.05) is 13.1 Å². The number of rotatable bonds is 5. The smallest absolute Gasteiger partial charge is 0.336 e. The molecule has 5 heteroatoms. The van der Waals surface area contributed by atoms with Crippen molar-refractivity contribution in [1.29, 1.82) is 0 Å². The topological polar surface area (TPSA) is 42.0 Å². The maximum Gasteiger partial charge on any atom is 0.336 e. The quantitative estimate of drug-likeness (QED) is 0.708. The molecule has 0 bridgehead atoms. The van der Waals surface area contributed by atoms with Gasteiger partial charge in [0.05, 0.1) is 13.2 Å². The fourth-order valence-electron chi connectivity index (χ4n) is 3.18. The lowest BCUT2D eigenvalue weighted by atomic mass is 10.1. The van der Waals surface area contributed by atoms with Gasteiger partial charge in [0.2, 0.25) is 0 Å². The van der Waals surface area contributed by atoms with E-state index in [-0.39, 0.29) is 12.1 Å². The highest BCUT2D eigenvalue weighted by molar-refractivity contribution is 5.74. The molecule has 0 spiro atoms.